The van der Waals surface area contributed by atoms with Crippen LogP contribution in [-0.4, -0.2) is 55.2 Å². The fourth-order valence-electron chi connectivity index (χ4n) is 3.32. The number of amides is 1. The Morgan fingerprint density at radius 1 is 1.30 bits per heavy atom. The quantitative estimate of drug-likeness (QED) is 0.763. The zero-order valence-electron chi connectivity index (χ0n) is 15.9. The van der Waals surface area contributed by atoms with E-state index in [4.69, 9.17) is 15.2 Å². The summed E-state index contributed by atoms with van der Waals surface area (Å²) in [6.07, 6.45) is 2.85. The van der Waals surface area contributed by atoms with Crippen LogP contribution in [0.1, 0.15) is 35.3 Å². The molecule has 0 saturated carbocycles. The minimum Gasteiger partial charge on any atom is -0.497 e. The van der Waals surface area contributed by atoms with Crippen molar-refractivity contribution < 1.29 is 14.3 Å². The number of carbonyl (C=O) groups excluding carboxylic acids is 1. The highest BCUT2D eigenvalue weighted by atomic mass is 35.5. The number of hydrogen-bond acceptors (Lipinski definition) is 5. The van der Waals surface area contributed by atoms with Gasteiger partial charge in [0.15, 0.2) is 0 Å². The standard InChI is InChI=1S/C20H27N3O3.ClH/c1-14-18(12-15-4-5-17(25-2)13-19(15)22-14)20(24)23-9-6-16(7-10-23)26-11-3-8-21;/h4-5,12-13,16H,3,6-11,21H2,1-2H3;1H. The normalized spacial score (nSPS) is 14.9. The molecule has 3 rings (SSSR count). The fourth-order valence-corrected chi connectivity index (χ4v) is 3.32. The number of aromatic nitrogens is 1. The number of hydrogen-bond donors (Lipinski definition) is 1. The van der Waals surface area contributed by atoms with E-state index in [1.807, 2.05) is 36.1 Å². The number of nitrogens with two attached hydrogens (primary N) is 1. The summed E-state index contributed by atoms with van der Waals surface area (Å²) >= 11 is 0. The number of rotatable bonds is 6. The van der Waals surface area contributed by atoms with E-state index in [0.717, 1.165) is 41.6 Å². The lowest BCUT2D eigenvalue weighted by atomic mass is 10.0. The van der Waals surface area contributed by atoms with Crippen molar-refractivity contribution in [3.05, 3.63) is 35.5 Å². The second kappa shape index (κ2) is 9.88. The van der Waals surface area contributed by atoms with Gasteiger partial charge in [-0.25, -0.2) is 0 Å². The van der Waals surface area contributed by atoms with Crippen LogP contribution in [0.25, 0.3) is 10.9 Å². The number of carbonyl (C=O) groups is 1. The molecule has 1 aliphatic heterocycles. The Hall–Kier alpha value is -1.89. The third-order valence-electron chi connectivity index (χ3n) is 4.88. The van der Waals surface area contributed by atoms with Crippen molar-refractivity contribution in [1.29, 1.82) is 0 Å². The molecule has 1 aromatic heterocycles. The van der Waals surface area contributed by atoms with Gasteiger partial charge in [0.1, 0.15) is 5.75 Å². The van der Waals surface area contributed by atoms with Crippen LogP contribution in [0.5, 0.6) is 5.75 Å². The number of benzene rings is 1. The van der Waals surface area contributed by atoms with E-state index in [2.05, 4.69) is 4.98 Å². The largest absolute Gasteiger partial charge is 0.497 e. The monoisotopic (exact) mass is 393 g/mol. The Morgan fingerprint density at radius 3 is 2.70 bits per heavy atom. The maximum atomic E-state index is 13.0. The van der Waals surface area contributed by atoms with Gasteiger partial charge in [0.05, 0.1) is 30.0 Å². The molecule has 1 aromatic carbocycles. The number of pyridine rings is 1. The lowest BCUT2D eigenvalue weighted by Gasteiger charge is -2.32. The van der Waals surface area contributed by atoms with Gasteiger partial charge in [0.2, 0.25) is 0 Å². The number of ether oxygens (including phenoxy) is 2. The minimum atomic E-state index is 0. The maximum absolute atomic E-state index is 13.0. The van der Waals surface area contributed by atoms with E-state index in [-0.39, 0.29) is 24.4 Å². The molecule has 1 fully saturated rings. The molecule has 0 unspecified atom stereocenters. The Balaban J connectivity index is 0.00000261. The Labute approximate surface area is 166 Å². The molecule has 0 bridgehead atoms. The topological polar surface area (TPSA) is 77.7 Å². The number of likely N-dealkylation sites (tertiary alicyclic amines) is 1. The van der Waals surface area contributed by atoms with E-state index in [1.165, 1.54) is 0 Å². The van der Waals surface area contributed by atoms with E-state index in [0.29, 0.717) is 31.8 Å². The molecule has 1 aliphatic rings. The molecule has 148 valence electrons. The van der Waals surface area contributed by atoms with Crippen molar-refractivity contribution in [2.75, 3.05) is 33.4 Å². The lowest BCUT2D eigenvalue weighted by molar-refractivity contribution is 0.00842. The summed E-state index contributed by atoms with van der Waals surface area (Å²) < 4.78 is 11.1. The van der Waals surface area contributed by atoms with Crippen molar-refractivity contribution in [1.82, 2.24) is 9.88 Å². The third kappa shape index (κ3) is 5.09. The first-order chi connectivity index (χ1) is 12.6. The molecular formula is C20H28ClN3O3. The number of aryl methyl sites for hydroxylation is 1. The highest BCUT2D eigenvalue weighted by Crippen LogP contribution is 2.24. The first kappa shape index (κ1) is 21.4. The van der Waals surface area contributed by atoms with Gasteiger partial charge in [-0.1, -0.05) is 0 Å². The van der Waals surface area contributed by atoms with E-state index in [1.54, 1.807) is 7.11 Å². The number of piperidine rings is 1. The van der Waals surface area contributed by atoms with Gasteiger partial charge >= 0.3 is 0 Å². The van der Waals surface area contributed by atoms with Gasteiger partial charge in [-0.3, -0.25) is 9.78 Å². The summed E-state index contributed by atoms with van der Waals surface area (Å²) in [6.45, 7) is 4.66. The Morgan fingerprint density at radius 2 is 2.04 bits per heavy atom. The van der Waals surface area contributed by atoms with Crippen LogP contribution in [0.4, 0.5) is 0 Å². The number of halogens is 1. The van der Waals surface area contributed by atoms with Crippen molar-refractivity contribution in [2.45, 2.75) is 32.3 Å². The van der Waals surface area contributed by atoms with Crippen LogP contribution >= 0.6 is 12.4 Å². The minimum absolute atomic E-state index is 0. The average Bonchev–Trinajstić information content (AvgIpc) is 2.67. The van der Waals surface area contributed by atoms with Gasteiger partial charge in [-0.05, 0) is 50.9 Å². The van der Waals surface area contributed by atoms with Crippen LogP contribution in [0.15, 0.2) is 24.3 Å². The van der Waals surface area contributed by atoms with Gasteiger partial charge in [-0.15, -0.1) is 12.4 Å². The van der Waals surface area contributed by atoms with Gasteiger partial charge in [-0.2, -0.15) is 0 Å². The summed E-state index contributed by atoms with van der Waals surface area (Å²) in [5.41, 5.74) is 7.75. The number of methoxy groups -OCH3 is 1. The first-order valence-corrected chi connectivity index (χ1v) is 9.18. The van der Waals surface area contributed by atoms with Gasteiger partial charge in [0, 0.05) is 31.1 Å². The first-order valence-electron chi connectivity index (χ1n) is 9.18. The smallest absolute Gasteiger partial charge is 0.255 e. The Bertz CT molecular complexity index is 776. The SMILES string of the molecule is COc1ccc2cc(C(=O)N3CCC(OCCCN)CC3)c(C)nc2c1.Cl. The summed E-state index contributed by atoms with van der Waals surface area (Å²) in [4.78, 5) is 19.5. The van der Waals surface area contributed by atoms with Crippen molar-refractivity contribution in [3.8, 4) is 5.75 Å². The molecule has 0 aliphatic carbocycles. The molecule has 2 N–H and O–H groups in total. The van der Waals surface area contributed by atoms with Crippen LogP contribution in [0, 0.1) is 6.92 Å². The highest BCUT2D eigenvalue weighted by Gasteiger charge is 2.25. The molecule has 6 nitrogen and oxygen atoms in total. The van der Waals surface area contributed by atoms with Crippen LogP contribution in [0.3, 0.4) is 0 Å². The molecule has 0 radical (unpaired) electrons. The van der Waals surface area contributed by atoms with Gasteiger partial charge < -0.3 is 20.1 Å². The van der Waals surface area contributed by atoms with Crippen LogP contribution in [0.2, 0.25) is 0 Å². The molecule has 0 atom stereocenters. The number of fused-ring (bicyclic) bond motifs is 1. The van der Waals surface area contributed by atoms with Gasteiger partial charge in [0.25, 0.3) is 5.91 Å². The third-order valence-corrected chi connectivity index (χ3v) is 4.88. The maximum Gasteiger partial charge on any atom is 0.255 e. The molecule has 1 amide bonds. The summed E-state index contributed by atoms with van der Waals surface area (Å²) in [7, 11) is 1.63. The highest BCUT2D eigenvalue weighted by molar-refractivity contribution is 5.98. The fraction of sp³-hybridized carbons (Fsp3) is 0.500. The molecular weight excluding hydrogens is 366 g/mol. The predicted molar refractivity (Wildman–Crippen MR) is 109 cm³/mol. The molecule has 1 saturated heterocycles. The summed E-state index contributed by atoms with van der Waals surface area (Å²) in [6, 6.07) is 7.65. The zero-order valence-corrected chi connectivity index (χ0v) is 16.8. The van der Waals surface area contributed by atoms with Crippen molar-refractivity contribution in [2.24, 2.45) is 5.73 Å². The second-order valence-electron chi connectivity index (χ2n) is 6.68. The molecule has 2 aromatic rings. The van der Waals surface area contributed by atoms with E-state index >= 15 is 0 Å². The lowest BCUT2D eigenvalue weighted by Crippen LogP contribution is -2.41. The van der Waals surface area contributed by atoms with E-state index < -0.39 is 0 Å². The van der Waals surface area contributed by atoms with Crippen molar-refractivity contribution >= 4 is 29.2 Å². The molecule has 0 spiro atoms. The summed E-state index contributed by atoms with van der Waals surface area (Å²) in [5, 5.41) is 0.944. The number of nitrogens with zero attached hydrogens (tertiary/aromatic N) is 2. The van der Waals surface area contributed by atoms with Crippen LogP contribution in [-0.2, 0) is 4.74 Å². The predicted octanol–water partition coefficient (Wildman–Crippen LogP) is 2.94. The van der Waals surface area contributed by atoms with Crippen molar-refractivity contribution in [3.63, 3.8) is 0 Å². The molecule has 2 heterocycles. The summed E-state index contributed by atoms with van der Waals surface area (Å²) in [5.74, 6) is 0.813. The zero-order chi connectivity index (χ0) is 18.5. The Kier molecular flexibility index (Phi) is 7.83. The average molecular weight is 394 g/mol. The molecule has 27 heavy (non-hydrogen) atoms. The molecule has 7 heteroatoms. The van der Waals surface area contributed by atoms with E-state index in [9.17, 15) is 4.79 Å². The van der Waals surface area contributed by atoms with Crippen LogP contribution < -0.4 is 10.5 Å². The second-order valence-corrected chi connectivity index (χ2v) is 6.68.